The normalized spacial score (nSPS) is 12.3. The number of methoxy groups -OCH3 is 1. The predicted octanol–water partition coefficient (Wildman–Crippen LogP) is 4.61. The Kier molecular flexibility index (Phi) is 7.89. The van der Waals surface area contributed by atoms with Crippen molar-refractivity contribution in [1.82, 2.24) is 19.4 Å². The number of nitriles is 1. The van der Waals surface area contributed by atoms with Gasteiger partial charge in [-0.3, -0.25) is 10.1 Å². The highest BCUT2D eigenvalue weighted by molar-refractivity contribution is 5.98. The van der Waals surface area contributed by atoms with E-state index in [1.165, 1.54) is 30.5 Å². The molecule has 0 saturated heterocycles. The Morgan fingerprint density at radius 1 is 1.22 bits per heavy atom. The number of aryl methyl sites for hydroxylation is 2. The smallest absolute Gasteiger partial charge is 0.294 e. The van der Waals surface area contributed by atoms with E-state index in [4.69, 9.17) is 19.7 Å². The number of ether oxygens (including phenoxy) is 2. The minimum absolute atomic E-state index is 0.0715. The lowest BCUT2D eigenvalue weighted by Crippen LogP contribution is -2.28. The minimum Gasteiger partial charge on any atom is -0.494 e. The molecule has 0 atom stereocenters. The zero-order valence-corrected chi connectivity index (χ0v) is 23.5. The third-order valence-corrected chi connectivity index (χ3v) is 7.16. The van der Waals surface area contributed by atoms with Crippen LogP contribution < -0.4 is 19.7 Å². The molecule has 0 radical (unpaired) electrons. The summed E-state index contributed by atoms with van der Waals surface area (Å²) in [7, 11) is 7.22. The Hall–Kier alpha value is -4.89. The van der Waals surface area contributed by atoms with Gasteiger partial charge in [0.15, 0.2) is 12.4 Å². The van der Waals surface area contributed by atoms with Crippen molar-refractivity contribution in [3.63, 3.8) is 0 Å². The molecule has 0 spiro atoms. The average molecular weight is 557 g/mol. The first-order valence-corrected chi connectivity index (χ1v) is 13.3. The SMILES string of the molecule is COc1cc(N(C)CCN(C)C)c([N+](=O)[O-])cc1Nc1ncc(OCC#N)c(-c2cn3c4c(cccc24)CCC3)n1. The van der Waals surface area contributed by atoms with Crippen LogP contribution in [-0.2, 0) is 13.0 Å². The van der Waals surface area contributed by atoms with Gasteiger partial charge in [0.05, 0.1) is 29.4 Å². The first-order valence-electron chi connectivity index (χ1n) is 13.3. The summed E-state index contributed by atoms with van der Waals surface area (Å²) in [5, 5.41) is 25.4. The Morgan fingerprint density at radius 3 is 2.78 bits per heavy atom. The molecule has 0 saturated carbocycles. The highest BCUT2D eigenvalue weighted by Gasteiger charge is 2.24. The van der Waals surface area contributed by atoms with Crippen molar-refractivity contribution in [2.24, 2.45) is 0 Å². The maximum absolute atomic E-state index is 12.1. The molecule has 1 aliphatic rings. The lowest BCUT2D eigenvalue weighted by molar-refractivity contribution is -0.384. The molecule has 0 unspecified atom stereocenters. The van der Waals surface area contributed by atoms with Crippen LogP contribution in [0, 0.1) is 21.4 Å². The number of anilines is 3. The first kappa shape index (κ1) is 27.7. The van der Waals surface area contributed by atoms with Crippen molar-refractivity contribution in [2.45, 2.75) is 19.4 Å². The summed E-state index contributed by atoms with van der Waals surface area (Å²) in [4.78, 5) is 24.7. The van der Waals surface area contributed by atoms with Crippen LogP contribution in [-0.4, -0.2) is 72.3 Å². The molecular weight excluding hydrogens is 524 g/mol. The molecule has 0 fully saturated rings. The topological polar surface area (TPSA) is 135 Å². The third kappa shape index (κ3) is 5.57. The van der Waals surface area contributed by atoms with Crippen molar-refractivity contribution >= 4 is 33.9 Å². The van der Waals surface area contributed by atoms with E-state index >= 15 is 0 Å². The van der Waals surface area contributed by atoms with E-state index in [0.29, 0.717) is 35.1 Å². The molecule has 2 aromatic carbocycles. The summed E-state index contributed by atoms with van der Waals surface area (Å²) in [6.07, 6.45) is 5.63. The number of benzene rings is 2. The number of nitro groups is 1. The molecule has 3 heterocycles. The quantitative estimate of drug-likeness (QED) is 0.206. The number of para-hydroxylation sites is 1. The Labute approximate surface area is 237 Å². The fraction of sp³-hybridized carbons (Fsp3) is 0.345. The number of aromatic nitrogens is 3. The summed E-state index contributed by atoms with van der Waals surface area (Å²) in [6.45, 7) is 2.06. The number of hydrogen-bond donors (Lipinski definition) is 1. The second-order valence-corrected chi connectivity index (χ2v) is 10.2. The average Bonchev–Trinajstić information content (AvgIpc) is 3.35. The van der Waals surface area contributed by atoms with Gasteiger partial charge in [0.25, 0.3) is 5.69 Å². The van der Waals surface area contributed by atoms with E-state index in [2.05, 4.69) is 33.2 Å². The van der Waals surface area contributed by atoms with Crippen molar-refractivity contribution in [3.05, 3.63) is 58.4 Å². The maximum Gasteiger partial charge on any atom is 0.294 e. The van der Waals surface area contributed by atoms with Crippen LogP contribution in [0.25, 0.3) is 22.2 Å². The molecule has 212 valence electrons. The number of nitro benzene ring substituents is 1. The van der Waals surface area contributed by atoms with E-state index in [0.717, 1.165) is 36.9 Å². The number of nitrogens with one attached hydrogen (secondary N) is 1. The molecule has 1 aliphatic heterocycles. The van der Waals surface area contributed by atoms with Gasteiger partial charge in [-0.15, -0.1) is 0 Å². The van der Waals surface area contributed by atoms with Crippen LogP contribution in [0.2, 0.25) is 0 Å². The standard InChI is InChI=1S/C29H32N8O4/c1-34(2)12-13-35(3)23-16-25(40-4)22(15-24(23)37(38)39)32-29-31-17-26(41-14-10-30)27(33-29)21-18-36-11-6-8-19-7-5-9-20(21)28(19)36/h5,7,9,15-18H,6,8,11-14H2,1-4H3,(H,31,32,33). The molecule has 4 aromatic rings. The number of hydrogen-bond acceptors (Lipinski definition) is 10. The maximum atomic E-state index is 12.1. The van der Waals surface area contributed by atoms with E-state index in [-0.39, 0.29) is 18.2 Å². The summed E-state index contributed by atoms with van der Waals surface area (Å²) < 4.78 is 13.6. The minimum atomic E-state index is -0.412. The van der Waals surface area contributed by atoms with E-state index in [1.54, 1.807) is 6.07 Å². The third-order valence-electron chi connectivity index (χ3n) is 7.16. The van der Waals surface area contributed by atoms with Gasteiger partial charge in [-0.2, -0.15) is 5.26 Å². The van der Waals surface area contributed by atoms with Gasteiger partial charge in [0.1, 0.15) is 23.2 Å². The summed E-state index contributed by atoms with van der Waals surface area (Å²) in [5.41, 5.74) is 4.54. The fourth-order valence-electron chi connectivity index (χ4n) is 5.15. The predicted molar refractivity (Wildman–Crippen MR) is 157 cm³/mol. The van der Waals surface area contributed by atoms with Crippen molar-refractivity contribution in [1.29, 1.82) is 5.26 Å². The monoisotopic (exact) mass is 556 g/mol. The van der Waals surface area contributed by atoms with Crippen LogP contribution in [0.1, 0.15) is 12.0 Å². The number of nitrogens with zero attached hydrogens (tertiary/aromatic N) is 7. The molecule has 0 bridgehead atoms. The number of likely N-dealkylation sites (N-methyl/N-ethyl adjacent to an activating group) is 2. The lowest BCUT2D eigenvalue weighted by atomic mass is 10.0. The van der Waals surface area contributed by atoms with Gasteiger partial charge in [0, 0.05) is 56.0 Å². The molecular formula is C29H32N8O4. The van der Waals surface area contributed by atoms with Crippen molar-refractivity contribution in [3.8, 4) is 28.8 Å². The number of rotatable bonds is 11. The van der Waals surface area contributed by atoms with Crippen LogP contribution >= 0.6 is 0 Å². The first-order chi connectivity index (χ1) is 19.8. The van der Waals surface area contributed by atoms with E-state index in [9.17, 15) is 10.1 Å². The Bertz CT molecular complexity index is 1640. The van der Waals surface area contributed by atoms with E-state index < -0.39 is 4.92 Å². The van der Waals surface area contributed by atoms with E-state index in [1.807, 2.05) is 43.1 Å². The molecule has 5 rings (SSSR count). The molecule has 2 aromatic heterocycles. The summed E-state index contributed by atoms with van der Waals surface area (Å²) >= 11 is 0. The van der Waals surface area contributed by atoms with Gasteiger partial charge < -0.3 is 29.2 Å². The second kappa shape index (κ2) is 11.7. The van der Waals surface area contributed by atoms with Crippen molar-refractivity contribution < 1.29 is 14.4 Å². The fourth-order valence-corrected chi connectivity index (χ4v) is 5.15. The molecule has 41 heavy (non-hydrogen) atoms. The zero-order chi connectivity index (χ0) is 29.1. The molecule has 0 aliphatic carbocycles. The molecule has 12 nitrogen and oxygen atoms in total. The summed E-state index contributed by atoms with van der Waals surface area (Å²) in [6, 6.07) is 11.3. The molecule has 0 amide bonds. The largest absolute Gasteiger partial charge is 0.494 e. The highest BCUT2D eigenvalue weighted by atomic mass is 16.6. The van der Waals surface area contributed by atoms with Gasteiger partial charge in [0.2, 0.25) is 5.95 Å². The Morgan fingerprint density at radius 2 is 2.05 bits per heavy atom. The van der Waals surface area contributed by atoms with Crippen LogP contribution in [0.4, 0.5) is 23.0 Å². The second-order valence-electron chi connectivity index (χ2n) is 10.2. The molecule has 1 N–H and O–H groups in total. The van der Waals surface area contributed by atoms with Crippen molar-refractivity contribution in [2.75, 3.05) is 58.2 Å². The highest BCUT2D eigenvalue weighted by Crippen LogP contribution is 2.41. The molecule has 12 heteroatoms. The van der Waals surface area contributed by atoms with Crippen LogP contribution in [0.3, 0.4) is 0 Å². The Balaban J connectivity index is 1.57. The van der Waals surface area contributed by atoms with Gasteiger partial charge in [-0.05, 0) is 32.5 Å². The zero-order valence-electron chi connectivity index (χ0n) is 23.5. The summed E-state index contributed by atoms with van der Waals surface area (Å²) in [5.74, 6) is 0.985. The van der Waals surface area contributed by atoms with Crippen LogP contribution in [0.5, 0.6) is 11.5 Å². The lowest BCUT2D eigenvalue weighted by Gasteiger charge is -2.22. The van der Waals surface area contributed by atoms with Gasteiger partial charge in [-0.1, -0.05) is 18.2 Å². The van der Waals surface area contributed by atoms with Crippen LogP contribution in [0.15, 0.2) is 42.7 Å². The van der Waals surface area contributed by atoms with Gasteiger partial charge in [-0.25, -0.2) is 9.97 Å². The van der Waals surface area contributed by atoms with Gasteiger partial charge >= 0.3 is 0 Å².